The first-order valence-electron chi connectivity index (χ1n) is 6.30. The molecule has 2 N–H and O–H groups in total. The van der Waals surface area contributed by atoms with E-state index in [1.165, 1.54) is 0 Å². The number of amides is 1. The lowest BCUT2D eigenvalue weighted by Gasteiger charge is -2.32. The van der Waals surface area contributed by atoms with E-state index in [-0.39, 0.29) is 24.4 Å². The largest absolute Gasteiger partial charge is 0.373 e. The minimum Gasteiger partial charge on any atom is -0.373 e. The zero-order valence-corrected chi connectivity index (χ0v) is 12.2. The maximum atomic E-state index is 12.5. The van der Waals surface area contributed by atoms with Gasteiger partial charge in [0.2, 0.25) is 0 Å². The number of hydrogen-bond donors (Lipinski definition) is 1. The average Bonchev–Trinajstić information content (AvgIpc) is 2.41. The smallest absolute Gasteiger partial charge is 0.254 e. The van der Waals surface area contributed by atoms with Gasteiger partial charge in [0.1, 0.15) is 0 Å². The SMILES string of the molecule is Cc1ccc(C)c(C(=O)N2CCOC(CN)C2)c1.Cl. The molecule has 5 heteroatoms. The van der Waals surface area contributed by atoms with E-state index in [1.807, 2.05) is 36.9 Å². The van der Waals surface area contributed by atoms with Crippen molar-refractivity contribution in [2.24, 2.45) is 5.73 Å². The highest BCUT2D eigenvalue weighted by Gasteiger charge is 2.24. The Labute approximate surface area is 120 Å². The number of nitrogens with two attached hydrogens (primary N) is 1. The Morgan fingerprint density at radius 3 is 2.89 bits per heavy atom. The van der Waals surface area contributed by atoms with E-state index in [0.29, 0.717) is 26.2 Å². The van der Waals surface area contributed by atoms with E-state index in [1.54, 1.807) is 0 Å². The van der Waals surface area contributed by atoms with Crippen molar-refractivity contribution in [1.82, 2.24) is 4.90 Å². The van der Waals surface area contributed by atoms with Crippen LogP contribution in [0.3, 0.4) is 0 Å². The van der Waals surface area contributed by atoms with Crippen LogP contribution in [-0.2, 0) is 4.74 Å². The lowest BCUT2D eigenvalue weighted by molar-refractivity contribution is -0.0167. The second kappa shape index (κ2) is 6.89. The quantitative estimate of drug-likeness (QED) is 0.896. The molecule has 0 aliphatic carbocycles. The third-order valence-corrected chi connectivity index (χ3v) is 3.31. The molecule has 1 unspecified atom stereocenters. The van der Waals surface area contributed by atoms with Crippen LogP contribution in [0.2, 0.25) is 0 Å². The zero-order chi connectivity index (χ0) is 13.1. The number of ether oxygens (including phenoxy) is 1. The number of benzene rings is 1. The number of halogens is 1. The standard InChI is InChI=1S/C14H20N2O2.ClH/c1-10-3-4-11(2)13(7-10)14(17)16-5-6-18-12(8-15)9-16;/h3-4,7,12H,5-6,8-9,15H2,1-2H3;1H. The van der Waals surface area contributed by atoms with Gasteiger partial charge in [-0.2, -0.15) is 0 Å². The highest BCUT2D eigenvalue weighted by Crippen LogP contribution is 2.15. The van der Waals surface area contributed by atoms with Crippen molar-refractivity contribution in [2.75, 3.05) is 26.2 Å². The summed E-state index contributed by atoms with van der Waals surface area (Å²) in [6, 6.07) is 5.96. The molecule has 106 valence electrons. The number of morpholine rings is 1. The fourth-order valence-corrected chi connectivity index (χ4v) is 2.18. The van der Waals surface area contributed by atoms with Crippen molar-refractivity contribution in [3.63, 3.8) is 0 Å². The zero-order valence-electron chi connectivity index (χ0n) is 11.4. The summed E-state index contributed by atoms with van der Waals surface area (Å²) in [6.07, 6.45) is -0.0344. The fraction of sp³-hybridized carbons (Fsp3) is 0.500. The molecule has 1 aromatic rings. The molecule has 1 saturated heterocycles. The van der Waals surface area contributed by atoms with Crippen molar-refractivity contribution < 1.29 is 9.53 Å². The first-order chi connectivity index (χ1) is 8.61. The van der Waals surface area contributed by atoms with Crippen molar-refractivity contribution in [3.05, 3.63) is 34.9 Å². The van der Waals surface area contributed by atoms with Crippen LogP contribution in [0.25, 0.3) is 0 Å². The Kier molecular flexibility index (Phi) is 5.79. The predicted molar refractivity (Wildman–Crippen MR) is 77.9 cm³/mol. The van der Waals surface area contributed by atoms with Crippen LogP contribution in [0.1, 0.15) is 21.5 Å². The Hall–Kier alpha value is -1.10. The summed E-state index contributed by atoms with van der Waals surface area (Å²) in [5.74, 6) is 0.0814. The monoisotopic (exact) mass is 284 g/mol. The maximum Gasteiger partial charge on any atom is 0.254 e. The molecule has 1 fully saturated rings. The van der Waals surface area contributed by atoms with Gasteiger partial charge in [-0.05, 0) is 25.5 Å². The van der Waals surface area contributed by atoms with Crippen molar-refractivity contribution in [3.8, 4) is 0 Å². The first-order valence-corrected chi connectivity index (χ1v) is 6.30. The normalized spacial score (nSPS) is 18.9. The number of rotatable bonds is 2. The van der Waals surface area contributed by atoms with Gasteiger partial charge in [-0.3, -0.25) is 4.79 Å². The average molecular weight is 285 g/mol. The molecule has 0 aromatic heterocycles. The number of carbonyl (C=O) groups is 1. The Bertz CT molecular complexity index is 451. The van der Waals surface area contributed by atoms with E-state index in [9.17, 15) is 4.79 Å². The molecular formula is C14H21ClN2O2. The van der Waals surface area contributed by atoms with Gasteiger partial charge in [0.05, 0.1) is 12.7 Å². The molecule has 2 rings (SSSR count). The lowest BCUT2D eigenvalue weighted by atomic mass is 10.0. The molecule has 1 aliphatic rings. The van der Waals surface area contributed by atoms with E-state index >= 15 is 0 Å². The molecule has 1 amide bonds. The molecule has 0 bridgehead atoms. The Morgan fingerprint density at radius 2 is 2.21 bits per heavy atom. The summed E-state index contributed by atoms with van der Waals surface area (Å²) in [5, 5.41) is 0. The van der Waals surface area contributed by atoms with Crippen LogP contribution < -0.4 is 5.73 Å². The van der Waals surface area contributed by atoms with Crippen LogP contribution in [0, 0.1) is 13.8 Å². The van der Waals surface area contributed by atoms with Crippen molar-refractivity contribution in [1.29, 1.82) is 0 Å². The molecule has 0 saturated carbocycles. The van der Waals surface area contributed by atoms with Crippen LogP contribution in [0.4, 0.5) is 0 Å². The van der Waals surface area contributed by atoms with Gasteiger partial charge in [0.15, 0.2) is 0 Å². The number of hydrogen-bond acceptors (Lipinski definition) is 3. The van der Waals surface area contributed by atoms with Gasteiger partial charge in [-0.15, -0.1) is 12.4 Å². The lowest BCUT2D eigenvalue weighted by Crippen LogP contribution is -2.48. The summed E-state index contributed by atoms with van der Waals surface area (Å²) in [6.45, 7) is 6.21. The van der Waals surface area contributed by atoms with Gasteiger partial charge in [0, 0.05) is 25.2 Å². The summed E-state index contributed by atoms with van der Waals surface area (Å²) < 4.78 is 5.48. The molecule has 4 nitrogen and oxygen atoms in total. The van der Waals surface area contributed by atoms with Crippen molar-refractivity contribution >= 4 is 18.3 Å². The van der Waals surface area contributed by atoms with Crippen LogP contribution >= 0.6 is 12.4 Å². The van der Waals surface area contributed by atoms with Crippen LogP contribution in [0.5, 0.6) is 0 Å². The van der Waals surface area contributed by atoms with E-state index in [0.717, 1.165) is 16.7 Å². The third-order valence-electron chi connectivity index (χ3n) is 3.31. The van der Waals surface area contributed by atoms with Gasteiger partial charge < -0.3 is 15.4 Å². The summed E-state index contributed by atoms with van der Waals surface area (Å²) >= 11 is 0. The predicted octanol–water partition coefficient (Wildman–Crippen LogP) is 1.52. The van der Waals surface area contributed by atoms with Gasteiger partial charge >= 0.3 is 0 Å². The summed E-state index contributed by atoms with van der Waals surface area (Å²) in [5.41, 5.74) is 8.50. The van der Waals surface area contributed by atoms with Crippen molar-refractivity contribution in [2.45, 2.75) is 20.0 Å². The number of nitrogens with zero attached hydrogens (tertiary/aromatic N) is 1. The topological polar surface area (TPSA) is 55.6 Å². The highest BCUT2D eigenvalue weighted by molar-refractivity contribution is 5.95. The molecule has 1 heterocycles. The molecular weight excluding hydrogens is 264 g/mol. The minimum absolute atomic E-state index is 0. The molecule has 1 atom stereocenters. The Morgan fingerprint density at radius 1 is 1.47 bits per heavy atom. The molecule has 1 aromatic carbocycles. The highest BCUT2D eigenvalue weighted by atomic mass is 35.5. The minimum atomic E-state index is -0.0344. The third kappa shape index (κ3) is 3.69. The number of carbonyl (C=O) groups excluding carboxylic acids is 1. The molecule has 1 aliphatic heterocycles. The van der Waals surface area contributed by atoms with Crippen LogP contribution in [0.15, 0.2) is 18.2 Å². The molecule has 0 radical (unpaired) electrons. The van der Waals surface area contributed by atoms with Gasteiger partial charge in [0.25, 0.3) is 5.91 Å². The molecule has 0 spiro atoms. The van der Waals surface area contributed by atoms with Gasteiger partial charge in [-0.1, -0.05) is 17.7 Å². The second-order valence-electron chi connectivity index (χ2n) is 4.80. The maximum absolute atomic E-state index is 12.5. The first kappa shape index (κ1) is 16.0. The van der Waals surface area contributed by atoms with E-state index in [4.69, 9.17) is 10.5 Å². The Balaban J connectivity index is 0.00000180. The summed E-state index contributed by atoms with van der Waals surface area (Å²) in [7, 11) is 0. The second-order valence-corrected chi connectivity index (χ2v) is 4.80. The van der Waals surface area contributed by atoms with Crippen LogP contribution in [-0.4, -0.2) is 43.2 Å². The fourth-order valence-electron chi connectivity index (χ4n) is 2.18. The van der Waals surface area contributed by atoms with E-state index in [2.05, 4.69) is 0 Å². The number of aryl methyl sites for hydroxylation is 2. The van der Waals surface area contributed by atoms with E-state index < -0.39 is 0 Å². The summed E-state index contributed by atoms with van der Waals surface area (Å²) in [4.78, 5) is 14.3. The molecule has 19 heavy (non-hydrogen) atoms. The van der Waals surface area contributed by atoms with Gasteiger partial charge in [-0.25, -0.2) is 0 Å².